The van der Waals surface area contributed by atoms with E-state index in [4.69, 9.17) is 16.4 Å². The van der Waals surface area contributed by atoms with Gasteiger partial charge in [-0.2, -0.15) is 0 Å². The molecule has 0 spiro atoms. The fourth-order valence-corrected chi connectivity index (χ4v) is 0.960. The maximum absolute atomic E-state index is 9.29. The van der Waals surface area contributed by atoms with Crippen molar-refractivity contribution in [1.82, 2.24) is 4.98 Å². The summed E-state index contributed by atoms with van der Waals surface area (Å²) in [5.41, 5.74) is -5.29. The highest BCUT2D eigenvalue weighted by Gasteiger charge is 2.23. The first-order valence-electron chi connectivity index (χ1n) is 9.81. The van der Waals surface area contributed by atoms with E-state index < -0.39 is 57.0 Å². The smallest absolute Gasteiger partial charge is 0.481 e. The molecule has 1 aromatic rings. The molecular weight excluding hydrogens is 193 g/mol. The third kappa shape index (κ3) is 2.70. The van der Waals surface area contributed by atoms with Crippen molar-refractivity contribution >= 4 is 12.6 Å². The van der Waals surface area contributed by atoms with E-state index in [-0.39, 0.29) is 0 Å². The molecule has 1 aromatic heterocycles. The van der Waals surface area contributed by atoms with Crippen molar-refractivity contribution in [2.45, 2.75) is 26.0 Å². The molecule has 2 N–H and O–H groups in total. The quantitative estimate of drug-likeness (QED) is 0.693. The topological polar surface area (TPSA) is 62.6 Å². The van der Waals surface area contributed by atoms with Crippen molar-refractivity contribution in [3.05, 3.63) is 17.8 Å². The molecule has 0 saturated carbocycles. The van der Waals surface area contributed by atoms with Crippen LogP contribution in [-0.4, -0.2) is 29.2 Å². The Labute approximate surface area is 107 Å². The lowest BCUT2D eigenvalue weighted by Gasteiger charge is -2.21. The Kier molecular flexibility index (Phi) is 0.971. The van der Waals surface area contributed by atoms with Gasteiger partial charge in [-0.3, -0.25) is 0 Å². The van der Waals surface area contributed by atoms with Gasteiger partial charge in [-0.05, 0) is 5.41 Å². The lowest BCUT2D eigenvalue weighted by molar-refractivity contribution is 0.380. The van der Waals surface area contributed by atoms with Crippen molar-refractivity contribution in [2.24, 2.45) is 0 Å². The minimum atomic E-state index is -3.71. The fourth-order valence-electron chi connectivity index (χ4n) is 0.960. The Morgan fingerprint density at radius 1 is 1.47 bits per heavy atom. The molecular formula is C10H16BNO3. The summed E-state index contributed by atoms with van der Waals surface area (Å²) < 4.78 is 94.8. The van der Waals surface area contributed by atoms with Crippen LogP contribution in [0.2, 0.25) is 0 Å². The van der Waals surface area contributed by atoms with Gasteiger partial charge in [0.25, 0.3) is 0 Å². The lowest BCUT2D eigenvalue weighted by atomic mass is 9.77. The normalized spacial score (nSPS) is 26.5. The predicted molar refractivity (Wildman–Crippen MR) is 59.3 cm³/mol. The largest absolute Gasteiger partial charge is 0.490 e. The SMILES string of the molecule is [2H]C([2H])([2H])Oc1ncc(B(O)O)cc1C(C([2H])([2H])[2H])(C([2H])([2H])[2H])C([2H])([2H])[2H]. The van der Waals surface area contributed by atoms with Crippen LogP contribution in [0.3, 0.4) is 0 Å². The van der Waals surface area contributed by atoms with Gasteiger partial charge in [0, 0.05) is 29.6 Å². The molecule has 0 unspecified atom stereocenters. The average molecular weight is 221 g/mol. The van der Waals surface area contributed by atoms with Crippen LogP contribution in [0.4, 0.5) is 0 Å². The zero-order valence-corrected chi connectivity index (χ0v) is 7.48. The summed E-state index contributed by atoms with van der Waals surface area (Å²) in [6.07, 6.45) is 0.693. The predicted octanol–water partition coefficient (Wildman–Crippen LogP) is 0.0675. The number of pyridine rings is 1. The number of nitrogens with zero attached hydrogens (tertiary/aromatic N) is 1. The fraction of sp³-hybridized carbons (Fsp3) is 0.500. The Hall–Kier alpha value is -1.07. The number of hydrogen-bond acceptors (Lipinski definition) is 4. The van der Waals surface area contributed by atoms with Crippen molar-refractivity contribution in [2.75, 3.05) is 7.04 Å². The summed E-state index contributed by atoms with van der Waals surface area (Å²) in [4.78, 5) is 3.44. The number of hydrogen-bond donors (Lipinski definition) is 2. The summed E-state index contributed by atoms with van der Waals surface area (Å²) >= 11 is 0. The monoisotopic (exact) mass is 221 g/mol. The highest BCUT2D eigenvalue weighted by Crippen LogP contribution is 2.28. The van der Waals surface area contributed by atoms with Crippen LogP contribution in [0.15, 0.2) is 12.3 Å². The van der Waals surface area contributed by atoms with E-state index >= 15 is 0 Å². The van der Waals surface area contributed by atoms with Gasteiger partial charge in [0.1, 0.15) is 0 Å². The standard InChI is InChI=1S/C10H16BNO3/c1-10(2,3)8-5-7(11(13)14)6-12-9(8)15-4/h5-6,13-14H,1-4H3/i1D3,2D3,3D3,4D3. The number of rotatable bonds is 2. The van der Waals surface area contributed by atoms with Gasteiger partial charge >= 0.3 is 7.12 Å². The van der Waals surface area contributed by atoms with E-state index in [9.17, 15) is 10.0 Å². The zero-order chi connectivity index (χ0) is 21.6. The molecule has 0 saturated heterocycles. The van der Waals surface area contributed by atoms with Crippen LogP contribution in [0.1, 0.15) is 42.6 Å². The van der Waals surface area contributed by atoms with Crippen LogP contribution >= 0.6 is 0 Å². The molecule has 0 aliphatic rings. The van der Waals surface area contributed by atoms with Crippen LogP contribution in [0.5, 0.6) is 5.88 Å². The Morgan fingerprint density at radius 3 is 2.73 bits per heavy atom. The van der Waals surface area contributed by atoms with Gasteiger partial charge in [-0.1, -0.05) is 26.6 Å². The molecule has 15 heavy (non-hydrogen) atoms. The molecule has 0 bridgehead atoms. The van der Waals surface area contributed by atoms with Gasteiger partial charge < -0.3 is 14.8 Å². The highest BCUT2D eigenvalue weighted by molar-refractivity contribution is 6.58. The molecule has 5 heteroatoms. The third-order valence-corrected chi connectivity index (χ3v) is 1.67. The second kappa shape index (κ2) is 4.20. The number of aromatic nitrogens is 1. The average Bonchev–Trinajstić information content (AvgIpc) is 2.33. The molecule has 0 radical (unpaired) electrons. The maximum atomic E-state index is 9.29. The first kappa shape index (κ1) is 3.47. The highest BCUT2D eigenvalue weighted by atomic mass is 16.5. The molecule has 1 rings (SSSR count). The Morgan fingerprint density at radius 2 is 2.20 bits per heavy atom. The summed E-state index contributed by atoms with van der Waals surface area (Å²) in [6.45, 7) is -11.1. The van der Waals surface area contributed by atoms with Crippen LogP contribution in [-0.2, 0) is 5.41 Å². The first-order valence-corrected chi connectivity index (χ1v) is 3.81. The van der Waals surface area contributed by atoms with E-state index in [0.29, 0.717) is 12.3 Å². The molecule has 4 nitrogen and oxygen atoms in total. The van der Waals surface area contributed by atoms with Crippen molar-refractivity contribution in [3.63, 3.8) is 0 Å². The number of methoxy groups -OCH3 is 1. The van der Waals surface area contributed by atoms with Gasteiger partial charge in [-0.15, -0.1) is 0 Å². The molecule has 0 aliphatic heterocycles. The van der Waals surface area contributed by atoms with Crippen LogP contribution in [0, 0.1) is 0 Å². The lowest BCUT2D eigenvalue weighted by Crippen LogP contribution is -2.32. The molecule has 0 aliphatic carbocycles. The zero-order valence-electron chi connectivity index (χ0n) is 19.5. The van der Waals surface area contributed by atoms with E-state index in [0.717, 1.165) is 0 Å². The Bertz CT molecular complexity index is 642. The van der Waals surface area contributed by atoms with Crippen molar-refractivity contribution in [3.8, 4) is 5.88 Å². The molecule has 0 fully saturated rings. The number of ether oxygens (including phenoxy) is 1. The van der Waals surface area contributed by atoms with Gasteiger partial charge in [0.2, 0.25) is 5.88 Å². The minimum absolute atomic E-state index is 0.545. The van der Waals surface area contributed by atoms with Gasteiger partial charge in [0.05, 0.1) is 11.2 Å². The van der Waals surface area contributed by atoms with Crippen LogP contribution in [0.25, 0.3) is 0 Å². The summed E-state index contributed by atoms with van der Waals surface area (Å²) in [6, 6.07) is 0.545. The molecule has 0 amide bonds. The van der Waals surface area contributed by atoms with E-state index in [1.807, 2.05) is 0 Å². The van der Waals surface area contributed by atoms with Crippen molar-refractivity contribution < 1.29 is 31.2 Å². The summed E-state index contributed by atoms with van der Waals surface area (Å²) in [5, 5.41) is 18.6. The third-order valence-electron chi connectivity index (χ3n) is 1.67. The van der Waals surface area contributed by atoms with E-state index in [1.54, 1.807) is 0 Å². The van der Waals surface area contributed by atoms with Crippen LogP contribution < -0.4 is 10.2 Å². The van der Waals surface area contributed by atoms with Crippen molar-refractivity contribution in [1.29, 1.82) is 0 Å². The van der Waals surface area contributed by atoms with Gasteiger partial charge in [0.15, 0.2) is 0 Å². The molecule has 1 heterocycles. The summed E-state index contributed by atoms with van der Waals surface area (Å²) in [5.74, 6) is -1.08. The van der Waals surface area contributed by atoms with Gasteiger partial charge in [-0.25, -0.2) is 4.98 Å². The molecule has 0 atom stereocenters. The maximum Gasteiger partial charge on any atom is 0.490 e. The second-order valence-electron chi connectivity index (χ2n) is 2.85. The second-order valence-corrected chi connectivity index (χ2v) is 2.85. The first-order chi connectivity index (χ1) is 11.8. The van der Waals surface area contributed by atoms with E-state index in [1.165, 1.54) is 0 Å². The summed E-state index contributed by atoms with van der Waals surface area (Å²) in [7, 11) is -5.48. The molecule has 82 valence electrons. The molecule has 0 aromatic carbocycles. The van der Waals surface area contributed by atoms with E-state index in [2.05, 4.69) is 9.72 Å². The Balaban J connectivity index is 4.09. The minimum Gasteiger partial charge on any atom is -0.481 e.